The molecule has 0 amide bonds. The molecule has 2 aromatic rings. The van der Waals surface area contributed by atoms with Crippen molar-refractivity contribution < 1.29 is 10.2 Å². The van der Waals surface area contributed by atoms with Crippen LogP contribution < -0.4 is 0 Å². The molecule has 0 aliphatic heterocycles. The van der Waals surface area contributed by atoms with Gasteiger partial charge < -0.3 is 10.2 Å². The normalized spacial score (nSPS) is 20.3. The minimum atomic E-state index is -0.796. The maximum Gasteiger partial charge on any atom is 0.120 e. The highest BCUT2D eigenvalue weighted by Gasteiger charge is 2.23. The molecule has 3 rings (SSSR count). The van der Waals surface area contributed by atoms with Crippen LogP contribution in [0.3, 0.4) is 0 Å². The third-order valence-electron chi connectivity index (χ3n) is 2.97. The van der Waals surface area contributed by atoms with E-state index in [1.54, 1.807) is 6.08 Å². The lowest BCUT2D eigenvalue weighted by atomic mass is 9.93. The van der Waals surface area contributed by atoms with E-state index in [0.717, 1.165) is 11.1 Å². The quantitative estimate of drug-likeness (QED) is 0.736. The molecule has 1 heterocycles. The summed E-state index contributed by atoms with van der Waals surface area (Å²) in [6, 6.07) is 5.53. The van der Waals surface area contributed by atoms with E-state index in [2.05, 4.69) is 15.4 Å². The molecule has 5 nitrogen and oxygen atoms in total. The van der Waals surface area contributed by atoms with Gasteiger partial charge in [0.15, 0.2) is 0 Å². The van der Waals surface area contributed by atoms with Gasteiger partial charge in [0.1, 0.15) is 11.3 Å². The molecule has 1 aliphatic carbocycles. The summed E-state index contributed by atoms with van der Waals surface area (Å²) in [5.74, 6) is 0.000226. The average Bonchev–Trinajstić information content (AvgIpc) is 2.82. The maximum atomic E-state index is 10.0. The van der Waals surface area contributed by atoms with Crippen LogP contribution in [-0.2, 0) is 0 Å². The number of hydrogen-bond acceptors (Lipinski definition) is 4. The second-order valence-electron chi connectivity index (χ2n) is 4.13. The molecule has 92 valence electrons. The summed E-state index contributed by atoms with van der Waals surface area (Å²) in [4.78, 5) is 0. The lowest BCUT2D eigenvalue weighted by molar-refractivity contribution is 0.208. The van der Waals surface area contributed by atoms with Crippen molar-refractivity contribution in [1.29, 1.82) is 0 Å². The molecule has 0 saturated carbocycles. The molecule has 0 spiro atoms. The molecule has 18 heavy (non-hydrogen) atoms. The zero-order valence-corrected chi connectivity index (χ0v) is 10.0. The Morgan fingerprint density at radius 2 is 2.22 bits per heavy atom. The number of halogens is 1. The molecular formula is C12H10ClN3O2. The molecule has 6 heteroatoms. The highest BCUT2D eigenvalue weighted by molar-refractivity contribution is 6.32. The Balaban J connectivity index is 2.20. The minimum absolute atomic E-state index is 0.000226. The van der Waals surface area contributed by atoms with E-state index in [4.69, 9.17) is 11.6 Å². The van der Waals surface area contributed by atoms with Crippen molar-refractivity contribution in [1.82, 2.24) is 15.4 Å². The Hall–Kier alpha value is -1.85. The van der Waals surface area contributed by atoms with Crippen LogP contribution in [0.5, 0.6) is 0 Å². The highest BCUT2D eigenvalue weighted by atomic mass is 35.5. The van der Waals surface area contributed by atoms with E-state index >= 15 is 0 Å². The van der Waals surface area contributed by atoms with Gasteiger partial charge in [-0.15, -0.1) is 5.10 Å². The summed E-state index contributed by atoms with van der Waals surface area (Å²) < 4.78 is 0. The van der Waals surface area contributed by atoms with Gasteiger partial charge in [0, 0.05) is 12.0 Å². The predicted octanol–water partition coefficient (Wildman–Crippen LogP) is 2.11. The number of fused-ring (bicyclic) bond motifs is 1. The van der Waals surface area contributed by atoms with Gasteiger partial charge in [-0.05, 0) is 17.7 Å². The van der Waals surface area contributed by atoms with Crippen molar-refractivity contribution in [3.8, 4) is 0 Å². The lowest BCUT2D eigenvalue weighted by Crippen LogP contribution is -2.15. The predicted molar refractivity (Wildman–Crippen MR) is 68.0 cm³/mol. The van der Waals surface area contributed by atoms with Crippen LogP contribution in [0.1, 0.15) is 12.0 Å². The van der Waals surface area contributed by atoms with Gasteiger partial charge in [-0.2, -0.15) is 0 Å². The maximum absolute atomic E-state index is 10.0. The van der Waals surface area contributed by atoms with Gasteiger partial charge in [-0.3, -0.25) is 5.10 Å². The zero-order chi connectivity index (χ0) is 12.7. The Bertz CT molecular complexity index is 675. The van der Waals surface area contributed by atoms with Crippen LogP contribution in [0.15, 0.2) is 35.1 Å². The molecule has 0 saturated heterocycles. The van der Waals surface area contributed by atoms with Crippen LogP contribution in [0, 0.1) is 0 Å². The van der Waals surface area contributed by atoms with Crippen LogP contribution in [-0.4, -0.2) is 31.7 Å². The second kappa shape index (κ2) is 4.12. The van der Waals surface area contributed by atoms with Crippen molar-refractivity contribution in [2.75, 3.05) is 0 Å². The SMILES string of the molecule is OC1=C(Cl)C=C(c2cccc3[nH]nnc23)C(O)C1. The third kappa shape index (κ3) is 1.68. The Morgan fingerprint density at radius 1 is 1.39 bits per heavy atom. The number of H-pyrrole nitrogens is 1. The molecule has 1 unspecified atom stereocenters. The number of hydrogen-bond donors (Lipinski definition) is 3. The monoisotopic (exact) mass is 263 g/mol. The first-order valence-corrected chi connectivity index (χ1v) is 5.82. The molecule has 1 aromatic heterocycles. The number of nitrogens with zero attached hydrogens (tertiary/aromatic N) is 2. The molecule has 0 bridgehead atoms. The van der Waals surface area contributed by atoms with Crippen molar-refractivity contribution in [3.63, 3.8) is 0 Å². The number of rotatable bonds is 1. The van der Waals surface area contributed by atoms with Crippen molar-refractivity contribution in [2.24, 2.45) is 0 Å². The van der Waals surface area contributed by atoms with Crippen molar-refractivity contribution in [2.45, 2.75) is 12.5 Å². The number of aromatic amines is 1. The van der Waals surface area contributed by atoms with E-state index in [1.165, 1.54) is 0 Å². The largest absolute Gasteiger partial charge is 0.511 e. The lowest BCUT2D eigenvalue weighted by Gasteiger charge is -2.20. The van der Waals surface area contributed by atoms with Gasteiger partial charge in [0.25, 0.3) is 0 Å². The van der Waals surface area contributed by atoms with E-state index in [-0.39, 0.29) is 17.2 Å². The van der Waals surface area contributed by atoms with Gasteiger partial charge in [0.05, 0.1) is 16.7 Å². The summed E-state index contributed by atoms with van der Waals surface area (Å²) in [5.41, 5.74) is 2.86. The average molecular weight is 264 g/mol. The van der Waals surface area contributed by atoms with E-state index in [0.29, 0.717) is 11.1 Å². The first-order valence-electron chi connectivity index (χ1n) is 5.44. The fourth-order valence-electron chi connectivity index (χ4n) is 2.07. The topological polar surface area (TPSA) is 82.0 Å². The first-order chi connectivity index (χ1) is 8.66. The van der Waals surface area contributed by atoms with E-state index in [9.17, 15) is 10.2 Å². The van der Waals surface area contributed by atoms with E-state index in [1.807, 2.05) is 18.2 Å². The molecule has 1 aliphatic rings. The third-order valence-corrected chi connectivity index (χ3v) is 3.30. The van der Waals surface area contributed by atoms with Crippen LogP contribution >= 0.6 is 11.6 Å². The van der Waals surface area contributed by atoms with Crippen molar-refractivity contribution in [3.05, 3.63) is 40.6 Å². The standard InChI is InChI=1S/C12H10ClN3O2/c13-8-4-7(10(17)5-11(8)18)6-2-1-3-9-12(6)15-16-14-9/h1-4,10,17-18H,5H2,(H,14,15,16). The summed E-state index contributed by atoms with van der Waals surface area (Å²) in [6.45, 7) is 0. The number of aromatic nitrogens is 3. The first kappa shape index (κ1) is 11.3. The van der Waals surface area contributed by atoms with Crippen molar-refractivity contribution >= 4 is 28.2 Å². The van der Waals surface area contributed by atoms with Gasteiger partial charge >= 0.3 is 0 Å². The second-order valence-corrected chi connectivity index (χ2v) is 4.53. The molecule has 1 aromatic carbocycles. The van der Waals surface area contributed by atoms with Crippen LogP contribution in [0.25, 0.3) is 16.6 Å². The number of allylic oxidation sites excluding steroid dienone is 2. The minimum Gasteiger partial charge on any atom is -0.511 e. The summed E-state index contributed by atoms with van der Waals surface area (Å²) in [6.07, 6.45) is 0.878. The Morgan fingerprint density at radius 3 is 3.06 bits per heavy atom. The van der Waals surface area contributed by atoms with Crippen LogP contribution in [0.2, 0.25) is 0 Å². The number of aliphatic hydroxyl groups excluding tert-OH is 2. The Labute approximate surface area is 107 Å². The molecule has 3 N–H and O–H groups in total. The molecular weight excluding hydrogens is 254 g/mol. The Kier molecular flexibility index (Phi) is 2.57. The fourth-order valence-corrected chi connectivity index (χ4v) is 2.26. The summed E-state index contributed by atoms with van der Waals surface area (Å²) in [5, 5.41) is 30.3. The molecule has 1 atom stereocenters. The van der Waals surface area contributed by atoms with Gasteiger partial charge in [0.2, 0.25) is 0 Å². The summed E-state index contributed by atoms with van der Waals surface area (Å²) in [7, 11) is 0. The van der Waals surface area contributed by atoms with Gasteiger partial charge in [-0.25, -0.2) is 0 Å². The van der Waals surface area contributed by atoms with Crippen LogP contribution in [0.4, 0.5) is 0 Å². The smallest absolute Gasteiger partial charge is 0.120 e. The zero-order valence-electron chi connectivity index (χ0n) is 9.26. The number of nitrogens with one attached hydrogen (secondary N) is 1. The van der Waals surface area contributed by atoms with Gasteiger partial charge in [-0.1, -0.05) is 28.9 Å². The summed E-state index contributed by atoms with van der Waals surface area (Å²) >= 11 is 5.90. The number of aliphatic hydroxyl groups is 2. The molecule has 0 fully saturated rings. The fraction of sp³-hybridized carbons (Fsp3) is 0.167. The van der Waals surface area contributed by atoms with E-state index < -0.39 is 6.10 Å². The molecule has 0 radical (unpaired) electrons. The number of benzene rings is 1. The highest BCUT2D eigenvalue weighted by Crippen LogP contribution is 2.33.